The molecule has 0 aliphatic carbocycles. The van der Waals surface area contributed by atoms with Crippen LogP contribution in [-0.4, -0.2) is 13.6 Å². The molecule has 1 N–H and O–H groups in total. The minimum Gasteiger partial charge on any atom is -0.363 e. The zero-order chi connectivity index (χ0) is 13.0. The van der Waals surface area contributed by atoms with Crippen LogP contribution >= 0.6 is 0 Å². The van der Waals surface area contributed by atoms with Crippen molar-refractivity contribution in [3.05, 3.63) is 42.2 Å². The zero-order valence-corrected chi connectivity index (χ0v) is 10.0. The average molecular weight is 263 g/mol. The second-order valence-electron chi connectivity index (χ2n) is 3.47. The van der Waals surface area contributed by atoms with Crippen LogP contribution < -0.4 is 4.72 Å². The van der Waals surface area contributed by atoms with E-state index in [2.05, 4.69) is 14.4 Å². The van der Waals surface area contributed by atoms with E-state index in [1.54, 1.807) is 12.1 Å². The van der Waals surface area contributed by atoms with Crippen LogP contribution in [0.25, 0.3) is 0 Å². The molecule has 0 saturated carbocycles. The van der Waals surface area contributed by atoms with Gasteiger partial charge in [-0.1, -0.05) is 17.3 Å². The first-order valence-corrected chi connectivity index (χ1v) is 6.49. The molecular formula is C11H9N3O3S. The van der Waals surface area contributed by atoms with Gasteiger partial charge in [0.05, 0.1) is 17.4 Å². The van der Waals surface area contributed by atoms with Gasteiger partial charge in [0.25, 0.3) is 10.0 Å². The van der Waals surface area contributed by atoms with Gasteiger partial charge in [-0.2, -0.15) is 5.26 Å². The number of anilines is 1. The maximum Gasteiger partial charge on any atom is 0.263 e. The van der Waals surface area contributed by atoms with Crippen molar-refractivity contribution in [3.8, 4) is 6.07 Å². The van der Waals surface area contributed by atoms with E-state index in [9.17, 15) is 8.42 Å². The van der Waals surface area contributed by atoms with E-state index in [0.717, 1.165) is 5.56 Å². The highest BCUT2D eigenvalue weighted by atomic mass is 32.2. The normalized spacial score (nSPS) is 10.8. The number of hydrogen-bond donors (Lipinski definition) is 1. The molecule has 18 heavy (non-hydrogen) atoms. The third-order valence-electron chi connectivity index (χ3n) is 2.19. The highest BCUT2D eigenvalue weighted by Crippen LogP contribution is 2.15. The van der Waals surface area contributed by atoms with E-state index >= 15 is 0 Å². The number of sulfonamides is 1. The van der Waals surface area contributed by atoms with Crippen molar-refractivity contribution in [2.45, 2.75) is 11.3 Å². The molecule has 1 heterocycles. The Hall–Kier alpha value is -2.33. The monoisotopic (exact) mass is 263 g/mol. The molecule has 6 nitrogen and oxygen atoms in total. The fourth-order valence-electron chi connectivity index (χ4n) is 1.34. The standard InChI is InChI=1S/C11H9N3O3S/c12-7-5-9-1-3-10(4-2-9)18(15,16)14-11-6-8-17-13-11/h1-4,6,8H,5H2,(H,13,14). The van der Waals surface area contributed by atoms with Gasteiger partial charge in [0.15, 0.2) is 5.82 Å². The van der Waals surface area contributed by atoms with Crippen molar-refractivity contribution in [3.63, 3.8) is 0 Å². The van der Waals surface area contributed by atoms with Crippen molar-refractivity contribution >= 4 is 15.8 Å². The van der Waals surface area contributed by atoms with Crippen molar-refractivity contribution in [2.75, 3.05) is 4.72 Å². The van der Waals surface area contributed by atoms with Crippen molar-refractivity contribution in [2.24, 2.45) is 0 Å². The highest BCUT2D eigenvalue weighted by Gasteiger charge is 2.15. The van der Waals surface area contributed by atoms with Gasteiger partial charge < -0.3 is 4.52 Å². The molecule has 1 aromatic heterocycles. The first kappa shape index (κ1) is 12.1. The number of hydrogen-bond acceptors (Lipinski definition) is 5. The average Bonchev–Trinajstić information content (AvgIpc) is 2.82. The van der Waals surface area contributed by atoms with Gasteiger partial charge in [0.1, 0.15) is 6.26 Å². The third-order valence-corrected chi connectivity index (χ3v) is 3.56. The van der Waals surface area contributed by atoms with Crippen LogP contribution in [0.2, 0.25) is 0 Å². The second-order valence-corrected chi connectivity index (χ2v) is 5.15. The van der Waals surface area contributed by atoms with E-state index in [1.165, 1.54) is 24.5 Å². The fraction of sp³-hybridized carbons (Fsp3) is 0.0909. The Morgan fingerprint density at radius 3 is 2.56 bits per heavy atom. The van der Waals surface area contributed by atoms with Gasteiger partial charge in [-0.05, 0) is 17.7 Å². The van der Waals surface area contributed by atoms with Crippen LogP contribution in [0.5, 0.6) is 0 Å². The summed E-state index contributed by atoms with van der Waals surface area (Å²) in [6.07, 6.45) is 1.52. The molecule has 0 atom stereocenters. The minimum absolute atomic E-state index is 0.104. The molecule has 0 bridgehead atoms. The molecule has 0 spiro atoms. The van der Waals surface area contributed by atoms with Crippen molar-refractivity contribution < 1.29 is 12.9 Å². The maximum atomic E-state index is 11.9. The largest absolute Gasteiger partial charge is 0.363 e. The lowest BCUT2D eigenvalue weighted by molar-refractivity contribution is 0.423. The zero-order valence-electron chi connectivity index (χ0n) is 9.20. The Kier molecular flexibility index (Phi) is 3.30. The van der Waals surface area contributed by atoms with Gasteiger partial charge in [0.2, 0.25) is 0 Å². The molecule has 0 unspecified atom stereocenters. The smallest absolute Gasteiger partial charge is 0.263 e. The molecule has 0 radical (unpaired) electrons. The van der Waals surface area contributed by atoms with E-state index in [0.29, 0.717) is 0 Å². The molecule has 92 valence electrons. The van der Waals surface area contributed by atoms with Crippen LogP contribution in [0.4, 0.5) is 5.82 Å². The van der Waals surface area contributed by atoms with Crippen LogP contribution in [0, 0.1) is 11.3 Å². The lowest BCUT2D eigenvalue weighted by atomic mass is 10.2. The summed E-state index contributed by atoms with van der Waals surface area (Å²) < 4.78 is 30.6. The summed E-state index contributed by atoms with van der Waals surface area (Å²) in [6, 6.07) is 9.47. The summed E-state index contributed by atoms with van der Waals surface area (Å²) in [7, 11) is -3.67. The molecule has 2 rings (SSSR count). The Morgan fingerprint density at radius 2 is 2.00 bits per heavy atom. The molecule has 0 aliphatic rings. The highest BCUT2D eigenvalue weighted by molar-refractivity contribution is 7.92. The fourth-order valence-corrected chi connectivity index (χ4v) is 2.33. The van der Waals surface area contributed by atoms with Gasteiger partial charge in [0, 0.05) is 6.07 Å². The lowest BCUT2D eigenvalue weighted by Gasteiger charge is -2.05. The van der Waals surface area contributed by atoms with Gasteiger partial charge >= 0.3 is 0 Å². The number of benzene rings is 1. The SMILES string of the molecule is N#CCc1ccc(S(=O)(=O)Nc2ccon2)cc1. The molecule has 0 saturated heterocycles. The van der Waals surface area contributed by atoms with Crippen molar-refractivity contribution in [1.82, 2.24) is 5.16 Å². The molecule has 2 aromatic rings. The van der Waals surface area contributed by atoms with E-state index in [-0.39, 0.29) is 17.1 Å². The molecule has 0 aliphatic heterocycles. The van der Waals surface area contributed by atoms with E-state index < -0.39 is 10.0 Å². The summed E-state index contributed by atoms with van der Waals surface area (Å²) >= 11 is 0. The van der Waals surface area contributed by atoms with Crippen LogP contribution in [0.1, 0.15) is 5.56 Å². The number of nitrogens with one attached hydrogen (secondary N) is 1. The molecule has 0 amide bonds. The summed E-state index contributed by atoms with van der Waals surface area (Å²) in [4.78, 5) is 0.104. The second kappa shape index (κ2) is 4.89. The summed E-state index contributed by atoms with van der Waals surface area (Å²) in [5, 5.41) is 12.0. The number of rotatable bonds is 4. The summed E-state index contributed by atoms with van der Waals surface area (Å²) in [5.41, 5.74) is 0.762. The Bertz CT molecular complexity index is 655. The van der Waals surface area contributed by atoms with E-state index in [1.807, 2.05) is 6.07 Å². The Balaban J connectivity index is 2.22. The summed E-state index contributed by atoms with van der Waals surface area (Å²) in [6.45, 7) is 0. The number of aromatic nitrogens is 1. The maximum absolute atomic E-state index is 11.9. The number of nitrogens with zero attached hydrogens (tertiary/aromatic N) is 2. The molecule has 1 aromatic carbocycles. The first-order valence-electron chi connectivity index (χ1n) is 5.01. The summed E-state index contributed by atoms with van der Waals surface area (Å²) in [5.74, 6) is 0.121. The van der Waals surface area contributed by atoms with Gasteiger partial charge in [-0.3, -0.25) is 4.72 Å². The van der Waals surface area contributed by atoms with Gasteiger partial charge in [-0.25, -0.2) is 8.42 Å². The molecule has 0 fully saturated rings. The quantitative estimate of drug-likeness (QED) is 0.902. The topological polar surface area (TPSA) is 96.0 Å². The lowest BCUT2D eigenvalue weighted by Crippen LogP contribution is -2.13. The minimum atomic E-state index is -3.67. The van der Waals surface area contributed by atoms with Crippen LogP contribution in [-0.2, 0) is 16.4 Å². The predicted octanol–water partition coefficient (Wildman–Crippen LogP) is 1.54. The Morgan fingerprint density at radius 1 is 1.28 bits per heavy atom. The van der Waals surface area contributed by atoms with Crippen LogP contribution in [0.15, 0.2) is 46.0 Å². The van der Waals surface area contributed by atoms with Gasteiger partial charge in [-0.15, -0.1) is 0 Å². The predicted molar refractivity (Wildman–Crippen MR) is 63.1 cm³/mol. The number of nitriles is 1. The Labute approximate surface area is 104 Å². The first-order chi connectivity index (χ1) is 8.62. The molecule has 7 heteroatoms. The third kappa shape index (κ3) is 2.67. The molecular weight excluding hydrogens is 254 g/mol. The van der Waals surface area contributed by atoms with Crippen molar-refractivity contribution in [1.29, 1.82) is 5.26 Å². The van der Waals surface area contributed by atoms with E-state index in [4.69, 9.17) is 5.26 Å². The van der Waals surface area contributed by atoms with Crippen LogP contribution in [0.3, 0.4) is 0 Å².